The lowest BCUT2D eigenvalue weighted by Gasteiger charge is -2.09. The molecule has 0 fully saturated rings. The van der Waals surface area contributed by atoms with Gasteiger partial charge >= 0.3 is 0 Å². The second-order valence-electron chi connectivity index (χ2n) is 5.20. The van der Waals surface area contributed by atoms with Crippen molar-refractivity contribution < 1.29 is 10.0 Å². The van der Waals surface area contributed by atoms with Gasteiger partial charge in [0.1, 0.15) is 0 Å². The van der Waals surface area contributed by atoms with Crippen LogP contribution in [-0.2, 0) is 4.79 Å². The van der Waals surface area contributed by atoms with Gasteiger partial charge in [0, 0.05) is 23.7 Å². The van der Waals surface area contributed by atoms with E-state index in [4.69, 9.17) is 0 Å². The molecule has 0 saturated carbocycles. The Morgan fingerprint density at radius 1 is 1.09 bits per heavy atom. The van der Waals surface area contributed by atoms with Crippen molar-refractivity contribution in [3.05, 3.63) is 66.0 Å². The second-order valence-corrected chi connectivity index (χ2v) is 5.20. The lowest BCUT2D eigenvalue weighted by Crippen LogP contribution is -2.16. The molecule has 0 saturated heterocycles. The van der Waals surface area contributed by atoms with E-state index in [2.05, 4.69) is 5.16 Å². The van der Waals surface area contributed by atoms with Crippen LogP contribution in [-0.4, -0.2) is 21.1 Å². The zero-order valence-electron chi connectivity index (χ0n) is 12.4. The summed E-state index contributed by atoms with van der Waals surface area (Å²) in [5.41, 5.74) is 4.46. The Morgan fingerprint density at radius 3 is 2.45 bits per heavy atom. The molecule has 0 aliphatic carbocycles. The van der Waals surface area contributed by atoms with Crippen LogP contribution in [0.25, 0.3) is 16.6 Å². The van der Waals surface area contributed by atoms with Crippen molar-refractivity contribution in [2.24, 2.45) is 5.16 Å². The molecule has 0 unspecified atom stereocenters. The quantitative estimate of drug-likeness (QED) is 0.455. The second kappa shape index (κ2) is 5.48. The van der Waals surface area contributed by atoms with E-state index in [1.807, 2.05) is 65.9 Å². The van der Waals surface area contributed by atoms with Crippen LogP contribution in [0.1, 0.15) is 18.3 Å². The van der Waals surface area contributed by atoms with Crippen LogP contribution in [0.4, 0.5) is 0 Å². The number of oxime groups is 1. The smallest absolute Gasteiger partial charge is 0.183 e. The molecule has 0 aliphatic rings. The van der Waals surface area contributed by atoms with Crippen molar-refractivity contribution in [2.75, 3.05) is 0 Å². The molecule has 22 heavy (non-hydrogen) atoms. The van der Waals surface area contributed by atoms with Gasteiger partial charge in [-0.05, 0) is 30.7 Å². The third-order valence-electron chi connectivity index (χ3n) is 3.73. The van der Waals surface area contributed by atoms with Gasteiger partial charge in [-0.3, -0.25) is 4.79 Å². The fraction of sp³-hybridized carbons (Fsp3) is 0.111. The number of hydrogen-bond donors (Lipinski definition) is 1. The Bertz CT molecular complexity index is 877. The maximum absolute atomic E-state index is 11.9. The van der Waals surface area contributed by atoms with E-state index in [1.54, 1.807) is 0 Å². The molecule has 0 radical (unpaired) electrons. The van der Waals surface area contributed by atoms with E-state index in [0.717, 1.165) is 22.3 Å². The highest BCUT2D eigenvalue weighted by molar-refractivity contribution is 6.46. The van der Waals surface area contributed by atoms with Gasteiger partial charge in [-0.2, -0.15) is 0 Å². The van der Waals surface area contributed by atoms with Crippen molar-refractivity contribution in [2.45, 2.75) is 13.8 Å². The molecule has 4 nitrogen and oxygen atoms in total. The van der Waals surface area contributed by atoms with Crippen molar-refractivity contribution in [1.29, 1.82) is 0 Å². The Hall–Kier alpha value is -2.88. The zero-order chi connectivity index (χ0) is 15.7. The van der Waals surface area contributed by atoms with Crippen molar-refractivity contribution >= 4 is 17.0 Å². The topological polar surface area (TPSA) is 54.1 Å². The maximum atomic E-state index is 11.9. The molecule has 110 valence electrons. The van der Waals surface area contributed by atoms with Gasteiger partial charge in [0.15, 0.2) is 11.5 Å². The largest absolute Gasteiger partial charge is 0.410 e. The molecular weight excluding hydrogens is 276 g/mol. The highest BCUT2D eigenvalue weighted by Gasteiger charge is 2.21. The van der Waals surface area contributed by atoms with Crippen LogP contribution >= 0.6 is 0 Å². The van der Waals surface area contributed by atoms with E-state index in [9.17, 15) is 10.0 Å². The first-order valence-corrected chi connectivity index (χ1v) is 7.03. The molecule has 0 bridgehead atoms. The van der Waals surface area contributed by atoms with Gasteiger partial charge in [0.25, 0.3) is 0 Å². The van der Waals surface area contributed by atoms with Crippen LogP contribution < -0.4 is 0 Å². The third-order valence-corrected chi connectivity index (χ3v) is 3.73. The number of aryl methyl sites for hydroxylation is 1. The minimum Gasteiger partial charge on any atom is -0.410 e. The summed E-state index contributed by atoms with van der Waals surface area (Å²) in [5, 5.41) is 12.6. The molecule has 0 aliphatic heterocycles. The van der Waals surface area contributed by atoms with Crippen LogP contribution in [0.2, 0.25) is 0 Å². The average molecular weight is 292 g/mol. The number of fused-ring (bicyclic) bond motifs is 1. The Balaban J connectivity index is 2.43. The van der Waals surface area contributed by atoms with Crippen LogP contribution in [0, 0.1) is 6.92 Å². The van der Waals surface area contributed by atoms with E-state index < -0.39 is 0 Å². The number of benzene rings is 1. The van der Waals surface area contributed by atoms with Crippen LogP contribution in [0.5, 0.6) is 0 Å². The Kier molecular flexibility index (Phi) is 3.51. The van der Waals surface area contributed by atoms with E-state index in [0.29, 0.717) is 5.69 Å². The monoisotopic (exact) mass is 292 g/mol. The fourth-order valence-corrected chi connectivity index (χ4v) is 2.75. The number of carbonyl (C=O) groups excluding carboxylic acids is 1. The summed E-state index contributed by atoms with van der Waals surface area (Å²) >= 11 is 0. The van der Waals surface area contributed by atoms with E-state index in [-0.39, 0.29) is 11.5 Å². The van der Waals surface area contributed by atoms with E-state index >= 15 is 0 Å². The van der Waals surface area contributed by atoms with Crippen molar-refractivity contribution in [3.8, 4) is 11.1 Å². The van der Waals surface area contributed by atoms with Crippen LogP contribution in [0.15, 0.2) is 59.8 Å². The van der Waals surface area contributed by atoms with Crippen molar-refractivity contribution in [1.82, 2.24) is 4.40 Å². The summed E-state index contributed by atoms with van der Waals surface area (Å²) in [7, 11) is 0. The molecule has 4 heteroatoms. The number of nitrogens with zero attached hydrogens (tertiary/aromatic N) is 2. The molecule has 2 heterocycles. The highest BCUT2D eigenvalue weighted by atomic mass is 16.4. The lowest BCUT2D eigenvalue weighted by atomic mass is 10.0. The Labute approximate surface area is 128 Å². The molecule has 3 aromatic rings. The fourth-order valence-electron chi connectivity index (χ4n) is 2.75. The minimum atomic E-state index is -0.275. The first-order chi connectivity index (χ1) is 10.6. The molecule has 1 aromatic carbocycles. The molecule has 0 amide bonds. The summed E-state index contributed by atoms with van der Waals surface area (Å²) in [5.74, 6) is -0.275. The number of pyridine rings is 1. The Morgan fingerprint density at radius 2 is 1.82 bits per heavy atom. The highest BCUT2D eigenvalue weighted by Crippen LogP contribution is 2.29. The number of aromatic nitrogens is 1. The van der Waals surface area contributed by atoms with Crippen LogP contribution in [0.3, 0.4) is 0 Å². The number of carbonyl (C=O) groups is 1. The van der Waals surface area contributed by atoms with E-state index in [1.165, 1.54) is 6.92 Å². The SMILES string of the molecule is CC(=O)C(=NO)c1c(-c2ccccc2)cc2cccc(C)n12. The average Bonchev–Trinajstić information content (AvgIpc) is 2.89. The summed E-state index contributed by atoms with van der Waals surface area (Å²) in [6.07, 6.45) is 0. The maximum Gasteiger partial charge on any atom is 0.183 e. The number of ketones is 1. The van der Waals surface area contributed by atoms with Gasteiger partial charge in [-0.1, -0.05) is 41.6 Å². The zero-order valence-corrected chi connectivity index (χ0v) is 12.4. The standard InChI is InChI=1S/C18H16N2O2/c1-12-7-6-10-15-11-16(14-8-4-3-5-9-14)18(20(12)15)17(19-22)13(2)21/h3-11,22H,1-2H3. The molecule has 3 rings (SSSR count). The molecule has 1 N–H and O–H groups in total. The molecule has 0 atom stereocenters. The summed E-state index contributed by atoms with van der Waals surface area (Å²) in [6.45, 7) is 3.36. The lowest BCUT2D eigenvalue weighted by molar-refractivity contribution is -0.111. The number of rotatable bonds is 3. The first kappa shape index (κ1) is 14.1. The number of Topliss-reactive ketones (excluding diaryl/α,β-unsaturated/α-hetero) is 1. The molecule has 2 aromatic heterocycles. The van der Waals surface area contributed by atoms with Gasteiger partial charge < -0.3 is 9.61 Å². The normalized spacial score (nSPS) is 11.8. The van der Waals surface area contributed by atoms with Crippen molar-refractivity contribution in [3.63, 3.8) is 0 Å². The van der Waals surface area contributed by atoms with Gasteiger partial charge in [-0.15, -0.1) is 0 Å². The molecule has 0 spiro atoms. The predicted octanol–water partition coefficient (Wildman–Crippen LogP) is 3.68. The number of hydrogen-bond acceptors (Lipinski definition) is 3. The summed E-state index contributed by atoms with van der Waals surface area (Å²) in [6, 6.07) is 17.7. The summed E-state index contributed by atoms with van der Waals surface area (Å²) in [4.78, 5) is 11.9. The van der Waals surface area contributed by atoms with Gasteiger partial charge in [0.2, 0.25) is 0 Å². The van der Waals surface area contributed by atoms with Gasteiger partial charge in [0.05, 0.1) is 5.69 Å². The third kappa shape index (κ3) is 2.19. The van der Waals surface area contributed by atoms with Gasteiger partial charge in [-0.25, -0.2) is 0 Å². The minimum absolute atomic E-state index is 0.0631. The first-order valence-electron chi connectivity index (χ1n) is 7.03. The summed E-state index contributed by atoms with van der Waals surface area (Å²) < 4.78 is 1.94. The molecular formula is C18H16N2O2. The predicted molar refractivity (Wildman–Crippen MR) is 86.6 cm³/mol.